The molecule has 96 valence electrons. The molecule has 0 aromatic rings. The Labute approximate surface area is 99.3 Å². The van der Waals surface area contributed by atoms with Crippen molar-refractivity contribution in [3.63, 3.8) is 0 Å². The average Bonchev–Trinajstić information content (AvgIpc) is 2.30. The van der Waals surface area contributed by atoms with E-state index < -0.39 is 0 Å². The number of nitrogens with one attached hydrogen (secondary N) is 1. The lowest BCUT2D eigenvalue weighted by Gasteiger charge is -2.50. The molecular formula is C13H27NO2. The highest BCUT2D eigenvalue weighted by atomic mass is 16.3. The fourth-order valence-electron chi connectivity index (χ4n) is 2.37. The maximum absolute atomic E-state index is 9.66. The van der Waals surface area contributed by atoms with Gasteiger partial charge in [-0.05, 0) is 19.3 Å². The van der Waals surface area contributed by atoms with Crippen LogP contribution in [0.3, 0.4) is 0 Å². The first-order valence-corrected chi connectivity index (χ1v) is 6.44. The summed E-state index contributed by atoms with van der Waals surface area (Å²) in [6.45, 7) is 9.53. The lowest BCUT2D eigenvalue weighted by atomic mass is 9.64. The molecule has 1 aliphatic carbocycles. The number of hydrogen-bond acceptors (Lipinski definition) is 3. The summed E-state index contributed by atoms with van der Waals surface area (Å²) in [4.78, 5) is 0. The Morgan fingerprint density at radius 2 is 1.88 bits per heavy atom. The molecule has 0 saturated heterocycles. The van der Waals surface area contributed by atoms with Crippen molar-refractivity contribution >= 4 is 0 Å². The normalized spacial score (nSPS) is 28.9. The van der Waals surface area contributed by atoms with Gasteiger partial charge in [0.05, 0.1) is 6.10 Å². The van der Waals surface area contributed by atoms with Crippen LogP contribution in [0.5, 0.6) is 0 Å². The van der Waals surface area contributed by atoms with Crippen molar-refractivity contribution in [3.05, 3.63) is 0 Å². The number of hydrogen-bond donors (Lipinski definition) is 3. The molecule has 1 rings (SSSR count). The Balaban J connectivity index is 2.45. The summed E-state index contributed by atoms with van der Waals surface area (Å²) in [5, 5.41) is 22.6. The zero-order valence-electron chi connectivity index (χ0n) is 11.1. The lowest BCUT2D eigenvalue weighted by Crippen LogP contribution is -2.61. The minimum Gasteiger partial charge on any atom is -0.396 e. The van der Waals surface area contributed by atoms with E-state index >= 15 is 0 Å². The van der Waals surface area contributed by atoms with Crippen molar-refractivity contribution in [2.24, 2.45) is 10.8 Å². The van der Waals surface area contributed by atoms with Gasteiger partial charge in [0.15, 0.2) is 0 Å². The van der Waals surface area contributed by atoms with Gasteiger partial charge in [0, 0.05) is 30.0 Å². The Kier molecular flexibility index (Phi) is 4.38. The van der Waals surface area contributed by atoms with Crippen LogP contribution in [0.4, 0.5) is 0 Å². The second kappa shape index (κ2) is 5.03. The summed E-state index contributed by atoms with van der Waals surface area (Å²) >= 11 is 0. The summed E-state index contributed by atoms with van der Waals surface area (Å²) in [5.74, 6) is 0. The zero-order valence-corrected chi connectivity index (χ0v) is 11.1. The van der Waals surface area contributed by atoms with Gasteiger partial charge in [0.1, 0.15) is 0 Å². The van der Waals surface area contributed by atoms with Gasteiger partial charge in [0.2, 0.25) is 0 Å². The molecule has 1 saturated carbocycles. The van der Waals surface area contributed by atoms with Crippen LogP contribution in [0.15, 0.2) is 0 Å². The van der Waals surface area contributed by atoms with E-state index in [9.17, 15) is 10.2 Å². The third kappa shape index (κ3) is 2.41. The molecule has 3 nitrogen and oxygen atoms in total. The second-order valence-electron chi connectivity index (χ2n) is 5.87. The van der Waals surface area contributed by atoms with Crippen LogP contribution in [0.2, 0.25) is 0 Å². The van der Waals surface area contributed by atoms with E-state index in [4.69, 9.17) is 0 Å². The summed E-state index contributed by atoms with van der Waals surface area (Å²) < 4.78 is 0. The third-order valence-corrected chi connectivity index (χ3v) is 4.77. The minimum absolute atomic E-state index is 0.0105. The maximum Gasteiger partial charge on any atom is 0.0621 e. The highest BCUT2D eigenvalue weighted by Crippen LogP contribution is 2.41. The van der Waals surface area contributed by atoms with E-state index in [1.807, 2.05) is 0 Å². The van der Waals surface area contributed by atoms with Gasteiger partial charge >= 0.3 is 0 Å². The predicted octanol–water partition coefficient (Wildman–Crippen LogP) is 1.53. The molecule has 1 fully saturated rings. The Bertz CT molecular complexity index is 216. The van der Waals surface area contributed by atoms with E-state index in [1.54, 1.807) is 0 Å². The van der Waals surface area contributed by atoms with Gasteiger partial charge in [0.25, 0.3) is 0 Å². The van der Waals surface area contributed by atoms with Crippen LogP contribution in [0, 0.1) is 10.8 Å². The molecule has 2 unspecified atom stereocenters. The predicted molar refractivity (Wildman–Crippen MR) is 66.3 cm³/mol. The SMILES string of the molecule is CCC(CC)(CO)CNC1CC(O)C1(C)C. The van der Waals surface area contributed by atoms with Crippen molar-refractivity contribution in [1.82, 2.24) is 5.32 Å². The molecule has 0 spiro atoms. The smallest absolute Gasteiger partial charge is 0.0621 e. The van der Waals surface area contributed by atoms with Gasteiger partial charge in [-0.3, -0.25) is 0 Å². The van der Waals surface area contributed by atoms with Gasteiger partial charge in [-0.2, -0.15) is 0 Å². The van der Waals surface area contributed by atoms with Crippen LogP contribution in [0.25, 0.3) is 0 Å². The summed E-state index contributed by atoms with van der Waals surface area (Å²) in [6.07, 6.45) is 2.63. The highest BCUT2D eigenvalue weighted by molar-refractivity contribution is 5.02. The monoisotopic (exact) mass is 229 g/mol. The molecule has 3 N–H and O–H groups in total. The van der Waals surface area contributed by atoms with E-state index in [-0.39, 0.29) is 23.5 Å². The largest absolute Gasteiger partial charge is 0.396 e. The summed E-state index contributed by atoms with van der Waals surface area (Å²) in [5.41, 5.74) is -0.0146. The molecular weight excluding hydrogens is 202 g/mol. The van der Waals surface area contributed by atoms with Crippen LogP contribution >= 0.6 is 0 Å². The molecule has 0 radical (unpaired) electrons. The standard InChI is InChI=1S/C13H27NO2/c1-5-13(6-2,9-15)8-14-10-7-11(16)12(10,3)4/h10-11,14-16H,5-9H2,1-4H3. The van der Waals surface area contributed by atoms with Gasteiger partial charge in [-0.15, -0.1) is 0 Å². The molecule has 0 aromatic carbocycles. The van der Waals surface area contributed by atoms with Crippen molar-refractivity contribution in [1.29, 1.82) is 0 Å². The minimum atomic E-state index is -0.184. The lowest BCUT2D eigenvalue weighted by molar-refractivity contribution is -0.0766. The zero-order chi connectivity index (χ0) is 12.4. The number of aliphatic hydroxyl groups is 2. The molecule has 0 heterocycles. The Morgan fingerprint density at radius 1 is 1.31 bits per heavy atom. The van der Waals surface area contributed by atoms with E-state index in [0.717, 1.165) is 25.8 Å². The van der Waals surface area contributed by atoms with Crippen molar-refractivity contribution in [3.8, 4) is 0 Å². The Hall–Kier alpha value is -0.120. The number of rotatable bonds is 6. The van der Waals surface area contributed by atoms with E-state index in [1.165, 1.54) is 0 Å². The first-order chi connectivity index (χ1) is 7.41. The average molecular weight is 229 g/mol. The van der Waals surface area contributed by atoms with Crippen LogP contribution in [0.1, 0.15) is 47.0 Å². The topological polar surface area (TPSA) is 52.5 Å². The fraction of sp³-hybridized carbons (Fsp3) is 1.00. The fourth-order valence-corrected chi connectivity index (χ4v) is 2.37. The van der Waals surface area contributed by atoms with E-state index in [2.05, 4.69) is 33.0 Å². The van der Waals surface area contributed by atoms with Crippen LogP contribution < -0.4 is 5.32 Å². The summed E-state index contributed by atoms with van der Waals surface area (Å²) in [7, 11) is 0. The quantitative estimate of drug-likeness (QED) is 0.647. The van der Waals surface area contributed by atoms with Crippen molar-refractivity contribution < 1.29 is 10.2 Å². The summed E-state index contributed by atoms with van der Waals surface area (Å²) in [6, 6.07) is 0.381. The molecule has 2 atom stereocenters. The first-order valence-electron chi connectivity index (χ1n) is 6.44. The van der Waals surface area contributed by atoms with Crippen molar-refractivity contribution in [2.75, 3.05) is 13.2 Å². The Morgan fingerprint density at radius 3 is 2.19 bits per heavy atom. The third-order valence-electron chi connectivity index (χ3n) is 4.77. The number of aliphatic hydroxyl groups excluding tert-OH is 2. The van der Waals surface area contributed by atoms with Crippen LogP contribution in [-0.2, 0) is 0 Å². The van der Waals surface area contributed by atoms with Gasteiger partial charge in [-0.1, -0.05) is 27.7 Å². The molecule has 1 aliphatic rings. The molecule has 0 bridgehead atoms. The van der Waals surface area contributed by atoms with Crippen LogP contribution in [-0.4, -0.2) is 35.5 Å². The first kappa shape index (κ1) is 13.9. The molecule has 0 amide bonds. The van der Waals surface area contributed by atoms with E-state index in [0.29, 0.717) is 6.04 Å². The van der Waals surface area contributed by atoms with Gasteiger partial charge in [-0.25, -0.2) is 0 Å². The molecule has 0 aromatic heterocycles. The molecule has 0 aliphatic heterocycles. The molecule has 16 heavy (non-hydrogen) atoms. The van der Waals surface area contributed by atoms with Crippen molar-refractivity contribution in [2.45, 2.75) is 59.1 Å². The maximum atomic E-state index is 9.66. The van der Waals surface area contributed by atoms with Gasteiger partial charge < -0.3 is 15.5 Å². The highest BCUT2D eigenvalue weighted by Gasteiger charge is 2.47. The second-order valence-corrected chi connectivity index (χ2v) is 5.87. The molecule has 3 heteroatoms.